The highest BCUT2D eigenvalue weighted by molar-refractivity contribution is 7.93. The predicted octanol–water partition coefficient (Wildman–Crippen LogP) is 14.1. The molecule has 2 fully saturated rings. The SMILES string of the molecule is Cc1cc(C)c(N2CCCCC2)c(C)c1CC(=O)c1sccc1NS(=O)(=O)c1ccc(Cl)cc1F.Cc1cc(C)c(N2CCCCC2)c(C)c1CC(=O)c1sccc1NS(=O)(=O)c1ccc(OC(F)(F)F)cc1Cl. The second kappa shape index (κ2) is 23.4. The van der Waals surface area contributed by atoms with Gasteiger partial charge in [-0.25, -0.2) is 21.2 Å². The third-order valence-electron chi connectivity index (χ3n) is 13.1. The molecule has 0 spiro atoms. The van der Waals surface area contributed by atoms with Crippen LogP contribution in [0.5, 0.6) is 5.75 Å². The van der Waals surface area contributed by atoms with Gasteiger partial charge in [0.2, 0.25) is 0 Å². The van der Waals surface area contributed by atoms with Gasteiger partial charge in [-0.3, -0.25) is 19.0 Å². The molecule has 2 aliphatic heterocycles. The molecular formula is C53H56Cl2F4N4O7S4. The highest BCUT2D eigenvalue weighted by Crippen LogP contribution is 2.38. The number of anilines is 4. The van der Waals surface area contributed by atoms with E-state index in [2.05, 4.69) is 56.9 Å². The van der Waals surface area contributed by atoms with Crippen LogP contribution in [0.2, 0.25) is 10.0 Å². The lowest BCUT2D eigenvalue weighted by molar-refractivity contribution is -0.274. The van der Waals surface area contributed by atoms with Crippen LogP contribution in [-0.4, -0.2) is 60.9 Å². The first kappa shape index (κ1) is 56.5. The molecule has 11 nitrogen and oxygen atoms in total. The average molecular weight is 1140 g/mol. The summed E-state index contributed by atoms with van der Waals surface area (Å²) in [6.07, 6.45) is 2.33. The van der Waals surface area contributed by atoms with Crippen LogP contribution in [0.15, 0.2) is 81.2 Å². The van der Waals surface area contributed by atoms with Crippen LogP contribution in [0, 0.1) is 47.4 Å². The van der Waals surface area contributed by atoms with Crippen LogP contribution in [0.4, 0.5) is 40.3 Å². The summed E-state index contributed by atoms with van der Waals surface area (Å²) < 4.78 is 112. The van der Waals surface area contributed by atoms with Gasteiger partial charge in [0.1, 0.15) is 21.4 Å². The normalized spacial score (nSPS) is 14.3. The number of halogens is 6. The number of carbonyl (C=O) groups is 2. The second-order valence-corrected chi connectivity index (χ2v) is 24.5. The minimum absolute atomic E-state index is 0.0790. The summed E-state index contributed by atoms with van der Waals surface area (Å²) in [5.74, 6) is -2.04. The molecule has 6 aromatic rings. The smallest absolute Gasteiger partial charge is 0.406 e. The zero-order valence-corrected chi connectivity index (χ0v) is 46.3. The third-order valence-corrected chi connectivity index (χ3v) is 18.5. The molecule has 21 heteroatoms. The number of benzene rings is 4. The Morgan fingerprint density at radius 3 is 1.46 bits per heavy atom. The fourth-order valence-corrected chi connectivity index (χ4v) is 14.5. The number of sulfonamides is 2. The highest BCUT2D eigenvalue weighted by atomic mass is 35.5. The molecule has 0 bridgehead atoms. The molecule has 8 rings (SSSR count). The predicted molar refractivity (Wildman–Crippen MR) is 289 cm³/mol. The quantitative estimate of drug-likeness (QED) is 0.0759. The Kier molecular flexibility index (Phi) is 17.9. The van der Waals surface area contributed by atoms with E-state index in [1.54, 1.807) is 10.8 Å². The number of aryl methyl sites for hydroxylation is 4. The first-order valence-electron chi connectivity index (χ1n) is 23.8. The van der Waals surface area contributed by atoms with E-state index in [4.69, 9.17) is 23.2 Å². The zero-order valence-electron chi connectivity index (χ0n) is 41.6. The topological polar surface area (TPSA) is 142 Å². The van der Waals surface area contributed by atoms with Gasteiger partial charge in [-0.15, -0.1) is 35.8 Å². The molecular weight excluding hydrogens is 1080 g/mol. The molecule has 2 aliphatic rings. The number of hydrogen-bond donors (Lipinski definition) is 2. The van der Waals surface area contributed by atoms with Crippen molar-refractivity contribution in [1.29, 1.82) is 0 Å². The number of thiophene rings is 2. The van der Waals surface area contributed by atoms with Crippen LogP contribution in [-0.2, 0) is 32.9 Å². The molecule has 4 heterocycles. The summed E-state index contributed by atoms with van der Waals surface area (Å²) in [4.78, 5) is 31.2. The van der Waals surface area contributed by atoms with Gasteiger partial charge in [0, 0.05) is 61.5 Å². The van der Waals surface area contributed by atoms with Crippen molar-refractivity contribution in [2.75, 3.05) is 45.4 Å². The summed E-state index contributed by atoms with van der Waals surface area (Å²) in [6.45, 7) is 16.2. The van der Waals surface area contributed by atoms with Crippen molar-refractivity contribution in [3.63, 3.8) is 0 Å². The molecule has 0 radical (unpaired) electrons. The number of ketones is 2. The Balaban J connectivity index is 0.000000217. The van der Waals surface area contributed by atoms with Crippen LogP contribution in [0.1, 0.15) is 102 Å². The lowest BCUT2D eigenvalue weighted by Crippen LogP contribution is -2.31. The van der Waals surface area contributed by atoms with Crippen molar-refractivity contribution < 1.29 is 48.7 Å². The molecule has 0 aliphatic carbocycles. The fourth-order valence-electron chi connectivity index (χ4n) is 9.86. The standard InChI is InChI=1S/C27H28ClF3N2O4S2.C26H28ClFN2O3S2/c1-16-13-17(2)25(33-10-5-4-6-11-33)18(3)20(16)15-23(34)26-22(9-12-38-26)32-39(35,36)24-8-7-19(14-21(24)28)37-27(29,30)31;1-16-13-17(2)25(30-10-5-4-6-11-30)18(3)20(16)15-23(31)26-22(9-12-34-26)29-35(32,33)24-8-7-19(27)14-21(24)28/h7-9,12-14,32H,4-6,10-11,15H2,1-3H3;7-9,12-14,29H,4-6,10-11,15H2,1-3H3. The third kappa shape index (κ3) is 13.2. The molecule has 2 aromatic heterocycles. The lowest BCUT2D eigenvalue weighted by atomic mass is 9.92. The van der Waals surface area contributed by atoms with Gasteiger partial charge >= 0.3 is 6.36 Å². The number of nitrogens with one attached hydrogen (secondary N) is 2. The van der Waals surface area contributed by atoms with Crippen molar-refractivity contribution in [1.82, 2.24) is 0 Å². The minimum atomic E-state index is -4.95. The monoisotopic (exact) mass is 1130 g/mol. The number of Topliss-reactive ketones (excluding diaryl/α,β-unsaturated/α-hetero) is 2. The van der Waals surface area contributed by atoms with E-state index in [-0.39, 0.29) is 45.7 Å². The van der Waals surface area contributed by atoms with Gasteiger partial charge in [0.15, 0.2) is 11.6 Å². The molecule has 0 unspecified atom stereocenters. The highest BCUT2D eigenvalue weighted by Gasteiger charge is 2.32. The largest absolute Gasteiger partial charge is 0.573 e. The van der Waals surface area contributed by atoms with Gasteiger partial charge in [-0.1, -0.05) is 35.3 Å². The maximum atomic E-state index is 14.3. The van der Waals surface area contributed by atoms with Crippen LogP contribution in [0.3, 0.4) is 0 Å². The lowest BCUT2D eigenvalue weighted by Gasteiger charge is -2.33. The molecule has 0 amide bonds. The van der Waals surface area contributed by atoms with E-state index >= 15 is 0 Å². The number of carbonyl (C=O) groups excluding carboxylic acids is 2. The number of alkyl halides is 3. The van der Waals surface area contributed by atoms with Gasteiger partial charge in [-0.05, 0) is 178 Å². The van der Waals surface area contributed by atoms with E-state index in [0.717, 1.165) is 149 Å². The van der Waals surface area contributed by atoms with Crippen molar-refractivity contribution in [2.45, 2.75) is 109 Å². The first-order valence-corrected chi connectivity index (χ1v) is 29.3. The molecule has 0 saturated carbocycles. The van der Waals surface area contributed by atoms with Crippen LogP contribution < -0.4 is 24.0 Å². The van der Waals surface area contributed by atoms with E-state index in [1.165, 1.54) is 42.3 Å². The van der Waals surface area contributed by atoms with Crippen molar-refractivity contribution in [2.24, 2.45) is 0 Å². The molecule has 74 heavy (non-hydrogen) atoms. The van der Waals surface area contributed by atoms with Gasteiger partial charge in [0.25, 0.3) is 20.0 Å². The molecule has 0 atom stereocenters. The molecule has 396 valence electrons. The van der Waals surface area contributed by atoms with Crippen molar-refractivity contribution in [3.05, 3.63) is 142 Å². The number of rotatable bonds is 15. The Morgan fingerprint density at radius 2 is 1.04 bits per heavy atom. The van der Waals surface area contributed by atoms with Crippen LogP contribution in [0.25, 0.3) is 0 Å². The maximum absolute atomic E-state index is 14.3. The van der Waals surface area contributed by atoms with E-state index in [0.29, 0.717) is 4.88 Å². The maximum Gasteiger partial charge on any atom is 0.573 e. The van der Waals surface area contributed by atoms with Crippen molar-refractivity contribution >= 4 is 100 Å². The van der Waals surface area contributed by atoms with E-state index < -0.39 is 52.8 Å². The van der Waals surface area contributed by atoms with Gasteiger partial charge in [-0.2, -0.15) is 0 Å². The second-order valence-electron chi connectivity index (χ2n) is 18.5. The number of hydrogen-bond acceptors (Lipinski definition) is 11. The van der Waals surface area contributed by atoms with Gasteiger partial charge < -0.3 is 14.5 Å². The van der Waals surface area contributed by atoms with Gasteiger partial charge in [0.05, 0.1) is 26.2 Å². The summed E-state index contributed by atoms with van der Waals surface area (Å²) in [5, 5.41) is 2.89. The van der Waals surface area contributed by atoms with E-state index in [1.807, 2.05) is 20.8 Å². The Labute approximate surface area is 448 Å². The molecule has 2 saturated heterocycles. The summed E-state index contributed by atoms with van der Waals surface area (Å²) in [7, 11) is -8.56. The molecule has 4 aromatic carbocycles. The molecule has 2 N–H and O–H groups in total. The number of ether oxygens (including phenoxy) is 1. The Hall–Kier alpha value is -5.18. The minimum Gasteiger partial charge on any atom is -0.406 e. The first-order chi connectivity index (χ1) is 34.8. The summed E-state index contributed by atoms with van der Waals surface area (Å²) in [5.41, 5.74) is 11.0. The van der Waals surface area contributed by atoms with Crippen LogP contribution >= 0.6 is 45.9 Å². The number of nitrogens with zero attached hydrogens (tertiary/aromatic N) is 2. The van der Waals surface area contributed by atoms with Crippen molar-refractivity contribution in [3.8, 4) is 5.75 Å². The average Bonchev–Trinajstić information content (AvgIpc) is 3.98. The Bertz CT molecular complexity index is 3310. The summed E-state index contributed by atoms with van der Waals surface area (Å²) in [6, 6.07) is 13.1. The van der Waals surface area contributed by atoms with E-state index in [9.17, 15) is 44.0 Å². The zero-order chi connectivity index (χ0) is 53.9. The number of piperidine rings is 2. The Morgan fingerprint density at radius 1 is 0.608 bits per heavy atom. The fraction of sp³-hybridized carbons (Fsp3) is 0.358. The summed E-state index contributed by atoms with van der Waals surface area (Å²) >= 11 is 14.0.